The molecular weight excluding hydrogens is 395 g/mol. The predicted octanol–water partition coefficient (Wildman–Crippen LogP) is 3.95. The Morgan fingerprint density at radius 2 is 1.87 bits per heavy atom. The van der Waals surface area contributed by atoms with Crippen molar-refractivity contribution in [1.82, 2.24) is 10.1 Å². The molecule has 0 unspecified atom stereocenters. The van der Waals surface area contributed by atoms with Crippen molar-refractivity contribution in [3.63, 3.8) is 0 Å². The lowest BCUT2D eigenvalue weighted by Gasteiger charge is -2.27. The van der Waals surface area contributed by atoms with Gasteiger partial charge in [0.2, 0.25) is 0 Å². The Morgan fingerprint density at radius 3 is 2.58 bits per heavy atom. The van der Waals surface area contributed by atoms with Crippen molar-refractivity contribution in [3.8, 4) is 11.1 Å². The van der Waals surface area contributed by atoms with Crippen molar-refractivity contribution < 1.29 is 13.7 Å². The second-order valence-corrected chi connectivity index (χ2v) is 8.14. The monoisotopic (exact) mass is 422 g/mol. The largest absolute Gasteiger partial charge is 0.378 e. The van der Waals surface area contributed by atoms with E-state index in [1.807, 2.05) is 67.3 Å². The SMILES string of the molecule is CC(C)(c1ccc(-c2ccccc2)c(F)c1)c1cc(C/N=C(\N)N2CCOCC2)no1. The van der Waals surface area contributed by atoms with E-state index in [0.29, 0.717) is 42.7 Å². The summed E-state index contributed by atoms with van der Waals surface area (Å²) in [5, 5.41) is 4.14. The van der Waals surface area contributed by atoms with E-state index < -0.39 is 5.41 Å². The van der Waals surface area contributed by atoms with Crippen LogP contribution < -0.4 is 5.73 Å². The van der Waals surface area contributed by atoms with E-state index >= 15 is 0 Å². The van der Waals surface area contributed by atoms with E-state index in [2.05, 4.69) is 10.1 Å². The molecule has 0 radical (unpaired) electrons. The highest BCUT2D eigenvalue weighted by atomic mass is 19.1. The zero-order chi connectivity index (χ0) is 21.8. The van der Waals surface area contributed by atoms with Gasteiger partial charge in [0, 0.05) is 24.7 Å². The highest BCUT2D eigenvalue weighted by Crippen LogP contribution is 2.34. The topological polar surface area (TPSA) is 76.9 Å². The number of aliphatic imine (C=N–C) groups is 1. The number of halogens is 1. The van der Waals surface area contributed by atoms with Gasteiger partial charge in [0.15, 0.2) is 5.96 Å². The van der Waals surface area contributed by atoms with Crippen LogP contribution in [0.25, 0.3) is 11.1 Å². The summed E-state index contributed by atoms with van der Waals surface area (Å²) < 4.78 is 25.8. The van der Waals surface area contributed by atoms with Gasteiger partial charge in [0.25, 0.3) is 0 Å². The Morgan fingerprint density at radius 1 is 1.13 bits per heavy atom. The Balaban J connectivity index is 1.50. The summed E-state index contributed by atoms with van der Waals surface area (Å²) in [7, 11) is 0. The molecule has 4 rings (SSSR count). The lowest BCUT2D eigenvalue weighted by molar-refractivity contribution is 0.0674. The van der Waals surface area contributed by atoms with Crippen LogP contribution in [0, 0.1) is 5.82 Å². The molecule has 1 aromatic heterocycles. The molecule has 0 spiro atoms. The van der Waals surface area contributed by atoms with Crippen molar-refractivity contribution in [2.24, 2.45) is 10.7 Å². The van der Waals surface area contributed by atoms with E-state index in [4.69, 9.17) is 15.0 Å². The summed E-state index contributed by atoms with van der Waals surface area (Å²) in [4.78, 5) is 6.42. The summed E-state index contributed by atoms with van der Waals surface area (Å²) in [5.74, 6) is 0.861. The third-order valence-electron chi connectivity index (χ3n) is 5.69. The second-order valence-electron chi connectivity index (χ2n) is 8.14. The Bertz CT molecular complexity index is 1060. The summed E-state index contributed by atoms with van der Waals surface area (Å²) in [6.45, 7) is 7.06. The molecular formula is C24H27FN4O2. The summed E-state index contributed by atoms with van der Waals surface area (Å²) >= 11 is 0. The van der Waals surface area contributed by atoms with Crippen LogP contribution in [0.4, 0.5) is 4.39 Å². The number of rotatable bonds is 5. The van der Waals surface area contributed by atoms with Gasteiger partial charge >= 0.3 is 0 Å². The fraction of sp³-hybridized carbons (Fsp3) is 0.333. The molecule has 162 valence electrons. The van der Waals surface area contributed by atoms with Crippen LogP contribution in [-0.4, -0.2) is 42.3 Å². The summed E-state index contributed by atoms with van der Waals surface area (Å²) in [5.41, 5.74) is 8.44. The third kappa shape index (κ3) is 4.61. The number of hydrogen-bond acceptors (Lipinski definition) is 4. The minimum Gasteiger partial charge on any atom is -0.378 e. The number of nitrogens with two attached hydrogens (primary N) is 1. The molecule has 2 aromatic carbocycles. The molecule has 0 saturated carbocycles. The highest BCUT2D eigenvalue weighted by molar-refractivity contribution is 5.78. The van der Waals surface area contributed by atoms with Gasteiger partial charge in [-0.2, -0.15) is 0 Å². The molecule has 6 nitrogen and oxygen atoms in total. The van der Waals surface area contributed by atoms with Crippen molar-refractivity contribution in [2.75, 3.05) is 26.3 Å². The maximum Gasteiger partial charge on any atom is 0.191 e. The number of ether oxygens (including phenoxy) is 1. The molecule has 31 heavy (non-hydrogen) atoms. The number of guanidine groups is 1. The van der Waals surface area contributed by atoms with E-state index in [9.17, 15) is 4.39 Å². The van der Waals surface area contributed by atoms with Crippen molar-refractivity contribution in [2.45, 2.75) is 25.8 Å². The second kappa shape index (κ2) is 8.89. The van der Waals surface area contributed by atoms with Crippen LogP contribution >= 0.6 is 0 Å². The lowest BCUT2D eigenvalue weighted by atomic mass is 9.81. The third-order valence-corrected chi connectivity index (χ3v) is 5.69. The van der Waals surface area contributed by atoms with Gasteiger partial charge in [-0.25, -0.2) is 9.38 Å². The molecule has 2 heterocycles. The fourth-order valence-corrected chi connectivity index (χ4v) is 3.63. The smallest absolute Gasteiger partial charge is 0.191 e. The predicted molar refractivity (Wildman–Crippen MR) is 118 cm³/mol. The van der Waals surface area contributed by atoms with Gasteiger partial charge in [0.05, 0.1) is 25.2 Å². The normalized spacial score (nSPS) is 15.3. The van der Waals surface area contributed by atoms with Crippen molar-refractivity contribution >= 4 is 5.96 Å². The molecule has 2 N–H and O–H groups in total. The van der Waals surface area contributed by atoms with Crippen LogP contribution in [0.1, 0.15) is 30.9 Å². The van der Waals surface area contributed by atoms with Gasteiger partial charge in [-0.1, -0.05) is 47.6 Å². The van der Waals surface area contributed by atoms with Crippen LogP contribution in [0.5, 0.6) is 0 Å². The fourth-order valence-electron chi connectivity index (χ4n) is 3.63. The quantitative estimate of drug-likeness (QED) is 0.498. The first kappa shape index (κ1) is 21.1. The average molecular weight is 423 g/mol. The van der Waals surface area contributed by atoms with Crippen LogP contribution in [0.3, 0.4) is 0 Å². The first-order chi connectivity index (χ1) is 14.9. The zero-order valence-electron chi connectivity index (χ0n) is 17.8. The van der Waals surface area contributed by atoms with Crippen LogP contribution in [0.2, 0.25) is 0 Å². The average Bonchev–Trinajstić information content (AvgIpc) is 3.28. The number of nitrogens with zero attached hydrogens (tertiary/aromatic N) is 3. The molecule has 7 heteroatoms. The Hall–Kier alpha value is -3.19. The zero-order valence-corrected chi connectivity index (χ0v) is 17.8. The number of hydrogen-bond donors (Lipinski definition) is 1. The molecule has 1 aliphatic rings. The standard InChI is InChI=1S/C24H27FN4O2/c1-24(2,18-8-9-20(21(25)14-18)17-6-4-3-5-7-17)22-15-19(28-31-22)16-27-23(26)29-10-12-30-13-11-29/h3-9,14-15H,10-13,16H2,1-2H3,(H2,26,27). The van der Waals surface area contributed by atoms with Crippen molar-refractivity contribution in [1.29, 1.82) is 0 Å². The molecule has 0 bridgehead atoms. The van der Waals surface area contributed by atoms with E-state index in [0.717, 1.165) is 24.2 Å². The maximum atomic E-state index is 14.9. The van der Waals surface area contributed by atoms with Crippen LogP contribution in [-0.2, 0) is 16.7 Å². The molecule has 0 amide bonds. The molecule has 1 saturated heterocycles. The van der Waals surface area contributed by atoms with Gasteiger partial charge in [-0.15, -0.1) is 0 Å². The number of morpholine rings is 1. The van der Waals surface area contributed by atoms with Gasteiger partial charge < -0.3 is 19.9 Å². The molecule has 0 atom stereocenters. The van der Waals surface area contributed by atoms with Gasteiger partial charge in [0.1, 0.15) is 17.3 Å². The van der Waals surface area contributed by atoms with E-state index in [1.165, 1.54) is 0 Å². The van der Waals surface area contributed by atoms with Gasteiger partial charge in [-0.3, -0.25) is 0 Å². The summed E-state index contributed by atoms with van der Waals surface area (Å²) in [6.07, 6.45) is 0. The summed E-state index contributed by atoms with van der Waals surface area (Å²) in [6, 6.07) is 16.7. The number of aromatic nitrogens is 1. The minimum absolute atomic E-state index is 0.264. The molecule has 0 aliphatic carbocycles. The highest BCUT2D eigenvalue weighted by Gasteiger charge is 2.29. The van der Waals surface area contributed by atoms with E-state index in [-0.39, 0.29) is 5.82 Å². The Kier molecular flexibility index (Phi) is 6.04. The maximum absolute atomic E-state index is 14.9. The molecule has 1 fully saturated rings. The number of benzene rings is 2. The van der Waals surface area contributed by atoms with Crippen LogP contribution in [0.15, 0.2) is 64.1 Å². The Labute approximate surface area is 181 Å². The molecule has 1 aliphatic heterocycles. The van der Waals surface area contributed by atoms with Crippen molar-refractivity contribution in [3.05, 3.63) is 77.4 Å². The van der Waals surface area contributed by atoms with E-state index in [1.54, 1.807) is 6.07 Å². The lowest BCUT2D eigenvalue weighted by Crippen LogP contribution is -2.44. The minimum atomic E-state index is -0.555. The molecule has 3 aromatic rings. The van der Waals surface area contributed by atoms with Gasteiger partial charge in [-0.05, 0) is 31.0 Å². The first-order valence-electron chi connectivity index (χ1n) is 10.4. The first-order valence-corrected chi connectivity index (χ1v) is 10.4.